The molecule has 0 saturated heterocycles. The van der Waals surface area contributed by atoms with Gasteiger partial charge in [0.05, 0.1) is 0 Å². The second-order valence-electron chi connectivity index (χ2n) is 4.34. The molecule has 2 rings (SSSR count). The number of hydrogen-bond donors (Lipinski definition) is 0. The van der Waals surface area contributed by atoms with Crippen LogP contribution in [-0.2, 0) is 9.05 Å². The van der Waals surface area contributed by atoms with Crippen LogP contribution >= 0.6 is 7.72 Å². The Morgan fingerprint density at radius 1 is 0.889 bits per heavy atom. The zero-order chi connectivity index (χ0) is 13.0. The predicted octanol–water partition coefficient (Wildman–Crippen LogP) is 3.75. The second-order valence-corrected chi connectivity index (χ2v) is 7.35. The van der Waals surface area contributed by atoms with Gasteiger partial charge >= 0.3 is 109 Å². The first-order valence-corrected chi connectivity index (χ1v) is 8.79. The maximum absolute atomic E-state index is 5.98. The summed E-state index contributed by atoms with van der Waals surface area (Å²) in [7, 11) is -2.29. The van der Waals surface area contributed by atoms with Gasteiger partial charge in [0.25, 0.3) is 0 Å². The Bertz CT molecular complexity index is 513. The van der Waals surface area contributed by atoms with E-state index >= 15 is 0 Å². The number of benzene rings is 2. The van der Waals surface area contributed by atoms with Crippen molar-refractivity contribution in [3.8, 4) is 0 Å². The van der Waals surface area contributed by atoms with Crippen LogP contribution in [0.2, 0.25) is 0 Å². The Labute approximate surface area is 109 Å². The minimum absolute atomic E-state index is 0.686. The van der Waals surface area contributed by atoms with Crippen molar-refractivity contribution < 1.29 is 9.05 Å². The summed E-state index contributed by atoms with van der Waals surface area (Å²) in [5.74, 6) is 0. The molecule has 0 fully saturated rings. The molecule has 0 aliphatic carbocycles. The van der Waals surface area contributed by atoms with Crippen molar-refractivity contribution in [1.82, 2.24) is 0 Å². The van der Waals surface area contributed by atoms with E-state index in [1.165, 1.54) is 16.1 Å². The third-order valence-electron chi connectivity index (χ3n) is 3.12. The molecule has 0 N–H and O–H groups in total. The van der Waals surface area contributed by atoms with E-state index in [0.29, 0.717) is 13.2 Å². The van der Waals surface area contributed by atoms with Crippen LogP contribution in [0.5, 0.6) is 0 Å². The summed E-state index contributed by atoms with van der Waals surface area (Å²) in [5, 5.41) is 3.72. The molecule has 2 aromatic carbocycles. The molecule has 0 heterocycles. The van der Waals surface area contributed by atoms with E-state index in [1.807, 2.05) is 13.8 Å². The van der Waals surface area contributed by atoms with Crippen LogP contribution in [0.4, 0.5) is 0 Å². The number of hydrogen-bond acceptors (Lipinski definition) is 2. The summed E-state index contributed by atoms with van der Waals surface area (Å²) in [5.41, 5.74) is 0. The summed E-state index contributed by atoms with van der Waals surface area (Å²) >= 11 is 0. The standard InChI is InChI=1S/C15H21O2P/c1-4-16-18(3,17-5-2)15-12-8-10-13-9-6-7-11-14(13)15/h6-12,18H,4-5H2,1-3H3. The van der Waals surface area contributed by atoms with Crippen LogP contribution in [0.3, 0.4) is 0 Å². The van der Waals surface area contributed by atoms with E-state index in [2.05, 4.69) is 49.1 Å². The van der Waals surface area contributed by atoms with Gasteiger partial charge in [-0.25, -0.2) is 0 Å². The Balaban J connectivity index is 2.56. The van der Waals surface area contributed by atoms with Gasteiger partial charge in [-0.05, 0) is 0 Å². The van der Waals surface area contributed by atoms with Gasteiger partial charge in [-0.2, -0.15) is 0 Å². The zero-order valence-corrected chi connectivity index (χ0v) is 12.3. The normalized spacial score (nSPS) is 12.8. The maximum atomic E-state index is 5.98. The predicted molar refractivity (Wildman–Crippen MR) is 81.1 cm³/mol. The van der Waals surface area contributed by atoms with Gasteiger partial charge in [0.2, 0.25) is 0 Å². The molecular formula is C15H21O2P. The van der Waals surface area contributed by atoms with Gasteiger partial charge in [-0.15, -0.1) is 0 Å². The monoisotopic (exact) mass is 264 g/mol. The van der Waals surface area contributed by atoms with Gasteiger partial charge in [0.1, 0.15) is 0 Å². The van der Waals surface area contributed by atoms with Crippen LogP contribution in [0.15, 0.2) is 42.5 Å². The average molecular weight is 264 g/mol. The van der Waals surface area contributed by atoms with E-state index in [1.54, 1.807) is 0 Å². The van der Waals surface area contributed by atoms with Crippen LogP contribution in [0.25, 0.3) is 10.8 Å². The Morgan fingerprint density at radius 2 is 1.50 bits per heavy atom. The van der Waals surface area contributed by atoms with Gasteiger partial charge in [-0.3, -0.25) is 0 Å². The van der Waals surface area contributed by atoms with E-state index in [0.717, 1.165) is 0 Å². The van der Waals surface area contributed by atoms with Crippen molar-refractivity contribution >= 4 is 23.8 Å². The summed E-state index contributed by atoms with van der Waals surface area (Å²) in [6.07, 6.45) is 0. The molecule has 98 valence electrons. The topological polar surface area (TPSA) is 18.5 Å². The van der Waals surface area contributed by atoms with Crippen molar-refractivity contribution in [2.24, 2.45) is 0 Å². The molecule has 0 aromatic heterocycles. The quantitative estimate of drug-likeness (QED) is 0.766. The fourth-order valence-electron chi connectivity index (χ4n) is 2.37. The van der Waals surface area contributed by atoms with Crippen LogP contribution in [0, 0.1) is 0 Å². The first-order chi connectivity index (χ1) is 8.71. The molecule has 2 aromatic rings. The summed E-state index contributed by atoms with van der Waals surface area (Å²) < 4.78 is 12.0. The molecule has 0 aliphatic heterocycles. The average Bonchev–Trinajstić information content (AvgIpc) is 2.38. The zero-order valence-electron chi connectivity index (χ0n) is 11.3. The third-order valence-corrected chi connectivity index (χ3v) is 6.21. The van der Waals surface area contributed by atoms with Crippen molar-refractivity contribution in [2.45, 2.75) is 13.8 Å². The molecular weight excluding hydrogens is 243 g/mol. The van der Waals surface area contributed by atoms with Crippen molar-refractivity contribution in [2.75, 3.05) is 19.9 Å². The molecule has 0 bridgehead atoms. The van der Waals surface area contributed by atoms with Crippen molar-refractivity contribution in [3.63, 3.8) is 0 Å². The van der Waals surface area contributed by atoms with E-state index in [9.17, 15) is 0 Å². The molecule has 0 amide bonds. The van der Waals surface area contributed by atoms with Crippen LogP contribution in [0.1, 0.15) is 13.8 Å². The van der Waals surface area contributed by atoms with E-state index < -0.39 is 7.72 Å². The molecule has 3 heteroatoms. The van der Waals surface area contributed by atoms with E-state index in [-0.39, 0.29) is 0 Å². The SMILES string of the molecule is CCO[PH](C)(OCC)c1cccc2ccccc12. The van der Waals surface area contributed by atoms with Crippen molar-refractivity contribution in [1.29, 1.82) is 0 Å². The van der Waals surface area contributed by atoms with Gasteiger partial charge in [0, 0.05) is 0 Å². The molecule has 0 saturated carbocycles. The molecule has 0 atom stereocenters. The van der Waals surface area contributed by atoms with Crippen LogP contribution < -0.4 is 5.30 Å². The molecule has 0 aliphatic rings. The molecule has 2 nitrogen and oxygen atoms in total. The summed E-state index contributed by atoms with van der Waals surface area (Å²) in [4.78, 5) is 0. The summed E-state index contributed by atoms with van der Waals surface area (Å²) in [6.45, 7) is 7.55. The van der Waals surface area contributed by atoms with Gasteiger partial charge in [0.15, 0.2) is 0 Å². The Morgan fingerprint density at radius 3 is 2.17 bits per heavy atom. The first-order valence-electron chi connectivity index (χ1n) is 6.47. The fourth-order valence-corrected chi connectivity index (χ4v) is 4.98. The number of fused-ring (bicyclic) bond motifs is 1. The molecule has 18 heavy (non-hydrogen) atoms. The fraction of sp³-hybridized carbons (Fsp3) is 0.333. The second kappa shape index (κ2) is 5.79. The van der Waals surface area contributed by atoms with Gasteiger partial charge in [-0.1, -0.05) is 0 Å². The van der Waals surface area contributed by atoms with E-state index in [4.69, 9.17) is 9.05 Å². The van der Waals surface area contributed by atoms with Crippen LogP contribution in [-0.4, -0.2) is 19.9 Å². The third kappa shape index (κ3) is 2.56. The Kier molecular flexibility index (Phi) is 4.34. The Hall–Kier alpha value is -0.950. The number of rotatable bonds is 5. The molecule has 0 radical (unpaired) electrons. The van der Waals surface area contributed by atoms with Crippen molar-refractivity contribution in [3.05, 3.63) is 42.5 Å². The first kappa shape index (κ1) is 13.5. The minimum atomic E-state index is -2.29. The van der Waals surface area contributed by atoms with Gasteiger partial charge < -0.3 is 0 Å². The molecule has 0 unspecified atom stereocenters. The summed E-state index contributed by atoms with van der Waals surface area (Å²) in [6, 6.07) is 14.8. The molecule has 0 spiro atoms.